The number of aliphatic hydroxyl groups is 2. The number of benzene rings is 1. The third-order valence-corrected chi connectivity index (χ3v) is 2.85. The molecule has 2 atom stereocenters. The number of aliphatic hydroxyl groups excluding tert-OH is 2. The molecule has 4 heteroatoms. The first-order chi connectivity index (χ1) is 7.47. The summed E-state index contributed by atoms with van der Waals surface area (Å²) in [4.78, 5) is 0. The number of hydrogen-bond acceptors (Lipinski definition) is 3. The molecule has 90 valence electrons. The van der Waals surface area contributed by atoms with Crippen LogP contribution in [0.25, 0.3) is 0 Å². The van der Waals surface area contributed by atoms with E-state index in [4.69, 9.17) is 0 Å². The van der Waals surface area contributed by atoms with Gasteiger partial charge in [-0.3, -0.25) is 0 Å². The van der Waals surface area contributed by atoms with Crippen molar-refractivity contribution in [3.8, 4) is 0 Å². The summed E-state index contributed by atoms with van der Waals surface area (Å²) in [5.74, 6) is 0.233. The lowest BCUT2D eigenvalue weighted by atomic mass is 9.98. The van der Waals surface area contributed by atoms with Crippen LogP contribution < -0.4 is 0 Å². The lowest BCUT2D eigenvalue weighted by Crippen LogP contribution is -2.19. The fourth-order valence-corrected chi connectivity index (χ4v) is 1.93. The molecular weight excluding hydrogens is 227 g/mol. The topological polar surface area (TPSA) is 40.5 Å². The molecule has 2 unspecified atom stereocenters. The molecule has 0 fully saturated rings. The minimum absolute atomic E-state index is 0.264. The summed E-state index contributed by atoms with van der Waals surface area (Å²) in [7, 11) is 0. The Morgan fingerprint density at radius 2 is 1.75 bits per heavy atom. The summed E-state index contributed by atoms with van der Waals surface area (Å²) in [6.45, 7) is 3.28. The molecule has 0 aromatic heterocycles. The van der Waals surface area contributed by atoms with E-state index in [1.807, 2.05) is 0 Å². The summed E-state index contributed by atoms with van der Waals surface area (Å²) in [6, 6.07) is 3.13. The van der Waals surface area contributed by atoms with Crippen molar-refractivity contribution in [2.45, 2.75) is 32.5 Å². The summed E-state index contributed by atoms with van der Waals surface area (Å²) >= 11 is 3.99. The smallest absolute Gasteiger partial charge is 0.129 e. The molecule has 0 radical (unpaired) electrons. The number of thiol groups is 1. The predicted molar refractivity (Wildman–Crippen MR) is 65.3 cm³/mol. The molecule has 0 saturated heterocycles. The zero-order valence-electron chi connectivity index (χ0n) is 9.44. The molecule has 0 aliphatic carbocycles. The molecule has 0 aliphatic heterocycles. The van der Waals surface area contributed by atoms with Crippen molar-refractivity contribution in [1.82, 2.24) is 0 Å². The van der Waals surface area contributed by atoms with Gasteiger partial charge in [-0.2, -0.15) is 12.6 Å². The monoisotopic (exact) mass is 244 g/mol. The van der Waals surface area contributed by atoms with Crippen LogP contribution in [0, 0.1) is 19.7 Å². The quantitative estimate of drug-likeness (QED) is 0.710. The van der Waals surface area contributed by atoms with Crippen molar-refractivity contribution in [3.05, 3.63) is 34.6 Å². The Labute approximate surface area is 101 Å². The van der Waals surface area contributed by atoms with Crippen LogP contribution in [0.15, 0.2) is 12.1 Å². The van der Waals surface area contributed by atoms with Crippen LogP contribution in [0.3, 0.4) is 0 Å². The molecular formula is C12H17FO2S. The molecule has 1 rings (SSSR count). The Hall–Kier alpha value is -0.580. The van der Waals surface area contributed by atoms with Crippen molar-refractivity contribution in [1.29, 1.82) is 0 Å². The maximum Gasteiger partial charge on any atom is 0.129 e. The molecule has 0 saturated carbocycles. The molecule has 16 heavy (non-hydrogen) atoms. The van der Waals surface area contributed by atoms with Gasteiger partial charge in [-0.05, 0) is 42.7 Å². The van der Waals surface area contributed by atoms with Gasteiger partial charge in [0, 0.05) is 0 Å². The van der Waals surface area contributed by atoms with E-state index < -0.39 is 12.2 Å². The highest BCUT2D eigenvalue weighted by Gasteiger charge is 2.19. The van der Waals surface area contributed by atoms with Gasteiger partial charge in [-0.1, -0.05) is 12.1 Å². The number of halogens is 1. The van der Waals surface area contributed by atoms with Gasteiger partial charge in [-0.15, -0.1) is 0 Å². The summed E-state index contributed by atoms with van der Waals surface area (Å²) < 4.78 is 13.4. The van der Waals surface area contributed by atoms with E-state index in [2.05, 4.69) is 12.6 Å². The van der Waals surface area contributed by atoms with Crippen molar-refractivity contribution >= 4 is 12.6 Å². The van der Waals surface area contributed by atoms with E-state index in [1.165, 1.54) is 0 Å². The lowest BCUT2D eigenvalue weighted by Gasteiger charge is -2.18. The summed E-state index contributed by atoms with van der Waals surface area (Å²) in [5, 5.41) is 19.5. The first-order valence-corrected chi connectivity index (χ1v) is 5.84. The van der Waals surface area contributed by atoms with Crippen LogP contribution in [0.2, 0.25) is 0 Å². The predicted octanol–water partition coefficient (Wildman–Crippen LogP) is 2.16. The van der Waals surface area contributed by atoms with Crippen molar-refractivity contribution in [2.24, 2.45) is 0 Å². The van der Waals surface area contributed by atoms with Gasteiger partial charge in [0.05, 0.1) is 6.10 Å². The van der Waals surface area contributed by atoms with Crippen LogP contribution in [0.5, 0.6) is 0 Å². The zero-order valence-corrected chi connectivity index (χ0v) is 10.3. The summed E-state index contributed by atoms with van der Waals surface area (Å²) in [6.07, 6.45) is -1.44. The third-order valence-electron chi connectivity index (χ3n) is 2.59. The lowest BCUT2D eigenvalue weighted by molar-refractivity contribution is 0.0171. The maximum absolute atomic E-state index is 13.4. The highest BCUT2D eigenvalue weighted by molar-refractivity contribution is 7.80. The van der Waals surface area contributed by atoms with Gasteiger partial charge in [0.2, 0.25) is 0 Å². The Kier molecular flexibility index (Phi) is 4.77. The number of hydrogen-bond donors (Lipinski definition) is 3. The average molecular weight is 244 g/mol. The van der Waals surface area contributed by atoms with Gasteiger partial charge >= 0.3 is 0 Å². The van der Waals surface area contributed by atoms with E-state index >= 15 is 0 Å². The second-order valence-electron chi connectivity index (χ2n) is 3.99. The van der Waals surface area contributed by atoms with Crippen LogP contribution in [0.1, 0.15) is 29.2 Å². The molecule has 2 nitrogen and oxygen atoms in total. The first kappa shape index (κ1) is 13.5. The fourth-order valence-electron chi connectivity index (χ4n) is 1.66. The van der Waals surface area contributed by atoms with Crippen molar-refractivity contribution in [3.63, 3.8) is 0 Å². The SMILES string of the molecule is Cc1cc(C(O)C(O)CCS)cc(C)c1F. The average Bonchev–Trinajstić information content (AvgIpc) is 2.24. The zero-order chi connectivity index (χ0) is 12.3. The van der Waals surface area contributed by atoms with E-state index in [0.29, 0.717) is 28.9 Å². The second-order valence-corrected chi connectivity index (χ2v) is 4.44. The van der Waals surface area contributed by atoms with Crippen LogP contribution in [-0.2, 0) is 0 Å². The molecule has 0 spiro atoms. The molecule has 0 bridgehead atoms. The highest BCUT2D eigenvalue weighted by atomic mass is 32.1. The molecule has 2 N–H and O–H groups in total. The van der Waals surface area contributed by atoms with E-state index in [-0.39, 0.29) is 5.82 Å². The van der Waals surface area contributed by atoms with Crippen molar-refractivity contribution < 1.29 is 14.6 Å². The molecule has 0 aliphatic rings. The minimum atomic E-state index is -0.981. The Bertz CT molecular complexity index is 345. The van der Waals surface area contributed by atoms with E-state index in [9.17, 15) is 14.6 Å². The van der Waals surface area contributed by atoms with Crippen molar-refractivity contribution in [2.75, 3.05) is 5.75 Å². The Morgan fingerprint density at radius 3 is 2.19 bits per heavy atom. The third kappa shape index (κ3) is 2.97. The van der Waals surface area contributed by atoms with Gasteiger partial charge < -0.3 is 10.2 Å². The van der Waals surface area contributed by atoms with E-state index in [1.54, 1.807) is 26.0 Å². The first-order valence-electron chi connectivity index (χ1n) is 5.21. The molecule has 0 amide bonds. The minimum Gasteiger partial charge on any atom is -0.390 e. The largest absolute Gasteiger partial charge is 0.390 e. The number of rotatable bonds is 4. The second kappa shape index (κ2) is 5.66. The fraction of sp³-hybridized carbons (Fsp3) is 0.500. The van der Waals surface area contributed by atoms with Crippen LogP contribution >= 0.6 is 12.6 Å². The maximum atomic E-state index is 13.4. The standard InChI is InChI=1S/C12H17FO2S/c1-7-5-9(6-8(2)11(7)13)12(15)10(14)3-4-16/h5-6,10,12,14-16H,3-4H2,1-2H3. The Morgan fingerprint density at radius 1 is 1.25 bits per heavy atom. The Balaban J connectivity index is 2.96. The molecule has 1 aromatic carbocycles. The van der Waals surface area contributed by atoms with Gasteiger partial charge in [-0.25, -0.2) is 4.39 Å². The van der Waals surface area contributed by atoms with Gasteiger partial charge in [0.1, 0.15) is 11.9 Å². The molecule has 0 heterocycles. The molecule has 1 aromatic rings. The number of aryl methyl sites for hydroxylation is 2. The van der Waals surface area contributed by atoms with Crippen LogP contribution in [0.4, 0.5) is 4.39 Å². The normalized spacial score (nSPS) is 14.9. The summed E-state index contributed by atoms with van der Waals surface area (Å²) in [5.41, 5.74) is 1.50. The van der Waals surface area contributed by atoms with Crippen LogP contribution in [-0.4, -0.2) is 22.1 Å². The highest BCUT2D eigenvalue weighted by Crippen LogP contribution is 2.23. The van der Waals surface area contributed by atoms with Gasteiger partial charge in [0.15, 0.2) is 0 Å². The van der Waals surface area contributed by atoms with E-state index in [0.717, 1.165) is 0 Å². The van der Waals surface area contributed by atoms with Gasteiger partial charge in [0.25, 0.3) is 0 Å².